The molecular formula is C24H24F5N5O2. The van der Waals surface area contributed by atoms with E-state index in [0.29, 0.717) is 50.2 Å². The number of piperidine rings is 1. The van der Waals surface area contributed by atoms with Gasteiger partial charge in [0.25, 0.3) is 12.3 Å². The van der Waals surface area contributed by atoms with Gasteiger partial charge in [0.15, 0.2) is 5.65 Å². The first-order valence-corrected chi connectivity index (χ1v) is 11.7. The molecule has 7 nitrogen and oxygen atoms in total. The number of nitrogens with zero attached hydrogens (tertiary/aromatic N) is 4. The zero-order valence-electron chi connectivity index (χ0n) is 19.1. The Hall–Kier alpha value is -3.28. The van der Waals surface area contributed by atoms with Crippen LogP contribution in [0.25, 0.3) is 11.2 Å². The van der Waals surface area contributed by atoms with Crippen molar-refractivity contribution in [3.05, 3.63) is 53.5 Å². The summed E-state index contributed by atoms with van der Waals surface area (Å²) in [6, 6.07) is 6.85. The third-order valence-electron chi connectivity index (χ3n) is 6.73. The van der Waals surface area contributed by atoms with Crippen LogP contribution in [-0.2, 0) is 0 Å². The van der Waals surface area contributed by atoms with Crippen LogP contribution in [0.1, 0.15) is 46.4 Å². The van der Waals surface area contributed by atoms with Crippen molar-refractivity contribution in [3.63, 3.8) is 0 Å². The van der Waals surface area contributed by atoms with Gasteiger partial charge in [-0.25, -0.2) is 18.7 Å². The Labute approximate surface area is 203 Å². The number of carbonyl (C=O) groups is 1. The Bertz CT molecular complexity index is 1220. The highest BCUT2D eigenvalue weighted by Crippen LogP contribution is 2.34. The third kappa shape index (κ3) is 5.28. The first-order chi connectivity index (χ1) is 17.2. The van der Waals surface area contributed by atoms with E-state index in [-0.39, 0.29) is 30.0 Å². The van der Waals surface area contributed by atoms with Gasteiger partial charge in [-0.1, -0.05) is 0 Å². The molecule has 3 aromatic rings. The van der Waals surface area contributed by atoms with E-state index in [0.717, 1.165) is 29.0 Å². The molecule has 192 valence electrons. The molecule has 0 saturated carbocycles. The molecule has 36 heavy (non-hydrogen) atoms. The zero-order chi connectivity index (χ0) is 25.4. The molecular weight excluding hydrogens is 485 g/mol. The minimum absolute atomic E-state index is 0.0678. The Morgan fingerprint density at radius 2 is 1.78 bits per heavy atom. The SMILES string of the molecule is O=C(c1ccc(OC(F)(F)F)cc1)N1CCC(c2ccnc3[nH]c(C4CN(CC(F)F)C4)nc23)CC1. The third-order valence-corrected chi connectivity index (χ3v) is 6.73. The van der Waals surface area contributed by atoms with Gasteiger partial charge in [-0.2, -0.15) is 0 Å². The molecule has 12 heteroatoms. The number of halogens is 5. The number of pyridine rings is 1. The van der Waals surface area contributed by atoms with E-state index in [1.807, 2.05) is 6.07 Å². The number of aromatic nitrogens is 3. The Morgan fingerprint density at radius 1 is 1.08 bits per heavy atom. The molecule has 0 radical (unpaired) electrons. The van der Waals surface area contributed by atoms with Crippen LogP contribution in [0.2, 0.25) is 0 Å². The van der Waals surface area contributed by atoms with Gasteiger partial charge in [0.1, 0.15) is 17.1 Å². The van der Waals surface area contributed by atoms with Crippen LogP contribution in [0.5, 0.6) is 5.75 Å². The highest BCUT2D eigenvalue weighted by Gasteiger charge is 2.33. The number of aromatic amines is 1. The summed E-state index contributed by atoms with van der Waals surface area (Å²) in [5, 5.41) is 0. The van der Waals surface area contributed by atoms with Crippen LogP contribution in [-0.4, -0.2) is 76.2 Å². The number of nitrogens with one attached hydrogen (secondary N) is 1. The Kier molecular flexibility index (Phi) is 6.54. The van der Waals surface area contributed by atoms with E-state index >= 15 is 0 Å². The maximum atomic E-state index is 12.8. The molecule has 0 aliphatic carbocycles. The highest BCUT2D eigenvalue weighted by atomic mass is 19.4. The summed E-state index contributed by atoms with van der Waals surface area (Å²) in [4.78, 5) is 28.6. The fraction of sp³-hybridized carbons (Fsp3) is 0.458. The molecule has 2 fully saturated rings. The van der Waals surface area contributed by atoms with Crippen molar-refractivity contribution in [2.24, 2.45) is 0 Å². The van der Waals surface area contributed by atoms with Gasteiger partial charge in [0, 0.05) is 43.9 Å². The van der Waals surface area contributed by atoms with E-state index in [2.05, 4.69) is 14.7 Å². The van der Waals surface area contributed by atoms with Crippen LogP contribution < -0.4 is 4.74 Å². The number of hydrogen-bond acceptors (Lipinski definition) is 5. The Balaban J connectivity index is 1.21. The van der Waals surface area contributed by atoms with Gasteiger partial charge in [-0.05, 0) is 54.7 Å². The first-order valence-electron chi connectivity index (χ1n) is 11.7. The molecule has 0 bridgehead atoms. The number of ether oxygens (including phenoxy) is 1. The molecule has 2 aromatic heterocycles. The zero-order valence-corrected chi connectivity index (χ0v) is 19.1. The lowest BCUT2D eigenvalue weighted by atomic mass is 9.89. The van der Waals surface area contributed by atoms with Crippen molar-refractivity contribution in [1.29, 1.82) is 0 Å². The molecule has 0 spiro atoms. The Morgan fingerprint density at radius 3 is 2.42 bits per heavy atom. The molecule has 1 amide bonds. The second kappa shape index (κ2) is 9.64. The summed E-state index contributed by atoms with van der Waals surface area (Å²) < 4.78 is 66.0. The van der Waals surface area contributed by atoms with Crippen molar-refractivity contribution < 1.29 is 31.5 Å². The van der Waals surface area contributed by atoms with Crippen molar-refractivity contribution in [2.45, 2.75) is 37.5 Å². The summed E-state index contributed by atoms with van der Waals surface area (Å²) in [6.07, 6.45) is -4.02. The van der Waals surface area contributed by atoms with E-state index in [9.17, 15) is 26.7 Å². The molecule has 2 saturated heterocycles. The second-order valence-corrected chi connectivity index (χ2v) is 9.16. The summed E-state index contributed by atoms with van der Waals surface area (Å²) >= 11 is 0. The van der Waals surface area contributed by atoms with Gasteiger partial charge < -0.3 is 14.6 Å². The van der Waals surface area contributed by atoms with Crippen molar-refractivity contribution in [3.8, 4) is 5.75 Å². The number of alkyl halides is 5. The predicted octanol–water partition coefficient (Wildman–Crippen LogP) is 4.54. The molecule has 0 atom stereocenters. The normalized spacial score (nSPS) is 18.1. The minimum Gasteiger partial charge on any atom is -0.406 e. The number of imidazole rings is 1. The number of hydrogen-bond donors (Lipinski definition) is 1. The smallest absolute Gasteiger partial charge is 0.406 e. The number of likely N-dealkylation sites (tertiary alicyclic amines) is 2. The van der Waals surface area contributed by atoms with E-state index < -0.39 is 12.8 Å². The van der Waals surface area contributed by atoms with Crippen LogP contribution >= 0.6 is 0 Å². The summed E-state index contributed by atoms with van der Waals surface area (Å²) in [7, 11) is 0. The molecule has 2 aliphatic rings. The second-order valence-electron chi connectivity index (χ2n) is 9.16. The van der Waals surface area contributed by atoms with Crippen LogP contribution in [0, 0.1) is 0 Å². The van der Waals surface area contributed by atoms with Crippen LogP contribution in [0.4, 0.5) is 22.0 Å². The first kappa shape index (κ1) is 24.4. The summed E-state index contributed by atoms with van der Waals surface area (Å²) in [6.45, 7) is 1.82. The van der Waals surface area contributed by atoms with Crippen molar-refractivity contribution in [2.75, 3.05) is 32.7 Å². The molecule has 0 unspecified atom stereocenters. The molecule has 1 N–H and O–H groups in total. The lowest BCUT2D eigenvalue weighted by Crippen LogP contribution is -2.47. The largest absolute Gasteiger partial charge is 0.573 e. The van der Waals surface area contributed by atoms with Crippen molar-refractivity contribution >= 4 is 17.1 Å². The van der Waals surface area contributed by atoms with E-state index in [4.69, 9.17) is 4.98 Å². The number of benzene rings is 1. The van der Waals surface area contributed by atoms with Crippen LogP contribution in [0.15, 0.2) is 36.5 Å². The summed E-state index contributed by atoms with van der Waals surface area (Å²) in [5.74, 6) is 0.364. The quantitative estimate of drug-likeness (QED) is 0.494. The fourth-order valence-electron chi connectivity index (χ4n) is 4.93. The van der Waals surface area contributed by atoms with Gasteiger partial charge in [-0.3, -0.25) is 9.69 Å². The lowest BCUT2D eigenvalue weighted by Gasteiger charge is -2.37. The van der Waals surface area contributed by atoms with E-state index in [1.165, 1.54) is 12.1 Å². The monoisotopic (exact) mass is 509 g/mol. The number of carbonyl (C=O) groups excluding carboxylic acids is 1. The lowest BCUT2D eigenvalue weighted by molar-refractivity contribution is -0.274. The van der Waals surface area contributed by atoms with E-state index in [1.54, 1.807) is 16.0 Å². The van der Waals surface area contributed by atoms with Crippen molar-refractivity contribution in [1.82, 2.24) is 24.8 Å². The molecule has 4 heterocycles. The number of fused-ring (bicyclic) bond motifs is 1. The average molecular weight is 509 g/mol. The fourth-order valence-corrected chi connectivity index (χ4v) is 4.93. The topological polar surface area (TPSA) is 74.3 Å². The summed E-state index contributed by atoms with van der Waals surface area (Å²) in [5.41, 5.74) is 2.76. The maximum Gasteiger partial charge on any atom is 0.573 e. The highest BCUT2D eigenvalue weighted by molar-refractivity contribution is 5.94. The minimum atomic E-state index is -4.78. The number of H-pyrrole nitrogens is 1. The average Bonchev–Trinajstić information content (AvgIpc) is 3.24. The number of rotatable bonds is 6. The predicted molar refractivity (Wildman–Crippen MR) is 120 cm³/mol. The maximum absolute atomic E-state index is 12.8. The standard InChI is InChI=1S/C24H24F5N5O2/c25-19(26)13-33-11-16(12-33)21-31-20-18(5-8-30-22(20)32-21)14-6-9-34(10-7-14)23(35)15-1-3-17(4-2-15)36-24(27,28)29/h1-5,8,14,16,19H,6-7,9-13H2,(H,30,31,32). The molecule has 1 aromatic carbocycles. The molecule has 5 rings (SSSR count). The van der Waals surface area contributed by atoms with Gasteiger partial charge >= 0.3 is 6.36 Å². The van der Waals surface area contributed by atoms with Gasteiger partial charge in [0.05, 0.1) is 6.54 Å². The molecule has 2 aliphatic heterocycles. The van der Waals surface area contributed by atoms with Gasteiger partial charge in [0.2, 0.25) is 0 Å². The van der Waals surface area contributed by atoms with Gasteiger partial charge in [-0.15, -0.1) is 13.2 Å². The number of amides is 1. The van der Waals surface area contributed by atoms with Crippen LogP contribution in [0.3, 0.4) is 0 Å².